The van der Waals surface area contributed by atoms with E-state index in [1.54, 1.807) is 0 Å². The van der Waals surface area contributed by atoms with Crippen LogP contribution in [-0.2, 0) is 9.47 Å². The van der Waals surface area contributed by atoms with Gasteiger partial charge in [-0.15, -0.1) is 0 Å². The van der Waals surface area contributed by atoms with Crippen molar-refractivity contribution in [2.75, 3.05) is 6.61 Å². The summed E-state index contributed by atoms with van der Waals surface area (Å²) in [6, 6.07) is 0. The molecule has 2 saturated carbocycles. The summed E-state index contributed by atoms with van der Waals surface area (Å²) >= 11 is 0. The molecule has 3 aliphatic rings. The highest BCUT2D eigenvalue weighted by Crippen LogP contribution is 2.51. The van der Waals surface area contributed by atoms with Crippen molar-refractivity contribution in [2.45, 2.75) is 128 Å². The highest BCUT2D eigenvalue weighted by atomic mass is 16.7. The summed E-state index contributed by atoms with van der Waals surface area (Å²) in [6.07, 6.45) is 17.0. The maximum Gasteiger partial charge on any atom is 0.158 e. The quantitative estimate of drug-likeness (QED) is 0.602. The summed E-state index contributed by atoms with van der Waals surface area (Å²) in [5.41, 5.74) is -1.01. The van der Waals surface area contributed by atoms with Crippen LogP contribution in [0.3, 0.4) is 0 Å². The molecule has 1 heterocycles. The third-order valence-electron chi connectivity index (χ3n) is 7.58. The van der Waals surface area contributed by atoms with Crippen molar-refractivity contribution >= 4 is 0 Å². The molecule has 3 rings (SSSR count). The van der Waals surface area contributed by atoms with Gasteiger partial charge in [-0.3, -0.25) is 0 Å². The predicted molar refractivity (Wildman–Crippen MR) is 106 cm³/mol. The van der Waals surface area contributed by atoms with Crippen LogP contribution in [0.4, 0.5) is 0 Å². The number of hydrogen-bond donors (Lipinski definition) is 1. The molecule has 0 aromatic heterocycles. The van der Waals surface area contributed by atoms with Gasteiger partial charge in [0.1, 0.15) is 0 Å². The first-order valence-electron chi connectivity index (χ1n) is 11.6. The van der Waals surface area contributed by atoms with Gasteiger partial charge in [0.2, 0.25) is 0 Å². The lowest BCUT2D eigenvalue weighted by atomic mass is 9.62. The average molecular weight is 367 g/mol. The van der Waals surface area contributed by atoms with E-state index in [4.69, 9.17) is 9.47 Å². The predicted octanol–water partition coefficient (Wildman–Crippen LogP) is 5.98. The second kappa shape index (κ2) is 9.39. The van der Waals surface area contributed by atoms with Crippen LogP contribution in [0, 0.1) is 11.8 Å². The summed E-state index contributed by atoms with van der Waals surface area (Å²) in [6.45, 7) is 5.38. The van der Waals surface area contributed by atoms with Crippen LogP contribution in [0.2, 0.25) is 0 Å². The molecule has 1 unspecified atom stereocenters. The second-order valence-corrected chi connectivity index (χ2v) is 9.40. The number of ether oxygens (including phenoxy) is 2. The van der Waals surface area contributed by atoms with Crippen molar-refractivity contribution in [1.82, 2.24) is 0 Å². The summed E-state index contributed by atoms with van der Waals surface area (Å²) in [4.78, 5) is 0. The molecule has 1 N–H and O–H groups in total. The molecule has 0 radical (unpaired) electrons. The van der Waals surface area contributed by atoms with E-state index in [1.165, 1.54) is 57.8 Å². The molecule has 2 aliphatic carbocycles. The average Bonchev–Trinajstić information content (AvgIpc) is 2.67. The molecule has 3 fully saturated rings. The third kappa shape index (κ3) is 4.64. The molecular weight excluding hydrogens is 324 g/mol. The van der Waals surface area contributed by atoms with Crippen molar-refractivity contribution in [1.29, 1.82) is 0 Å². The minimum atomic E-state index is -0.644. The van der Waals surface area contributed by atoms with Crippen molar-refractivity contribution in [3.05, 3.63) is 0 Å². The Balaban J connectivity index is 1.70. The zero-order valence-corrected chi connectivity index (χ0v) is 17.3. The van der Waals surface area contributed by atoms with Crippen molar-refractivity contribution < 1.29 is 14.6 Å². The van der Waals surface area contributed by atoms with Crippen LogP contribution in [0.25, 0.3) is 0 Å². The van der Waals surface area contributed by atoms with Crippen LogP contribution >= 0.6 is 0 Å². The van der Waals surface area contributed by atoms with E-state index < -0.39 is 5.60 Å². The van der Waals surface area contributed by atoms with Gasteiger partial charge in [-0.1, -0.05) is 39.5 Å². The van der Waals surface area contributed by atoms with Gasteiger partial charge < -0.3 is 14.6 Å². The Morgan fingerprint density at radius 1 is 0.846 bits per heavy atom. The van der Waals surface area contributed by atoms with Crippen molar-refractivity contribution in [3.63, 3.8) is 0 Å². The molecule has 1 aliphatic heterocycles. The van der Waals surface area contributed by atoms with Gasteiger partial charge in [-0.25, -0.2) is 0 Å². The summed E-state index contributed by atoms with van der Waals surface area (Å²) in [5.74, 6) is 1.63. The summed E-state index contributed by atoms with van der Waals surface area (Å²) in [7, 11) is 0. The van der Waals surface area contributed by atoms with Gasteiger partial charge in [0.25, 0.3) is 0 Å². The van der Waals surface area contributed by atoms with Gasteiger partial charge in [0, 0.05) is 6.61 Å². The molecule has 0 amide bonds. The molecule has 0 aromatic rings. The largest absolute Gasteiger partial charge is 0.387 e. The highest BCUT2D eigenvalue weighted by Gasteiger charge is 2.54. The lowest BCUT2D eigenvalue weighted by Crippen LogP contribution is -2.60. The maximum absolute atomic E-state index is 11.8. The smallest absolute Gasteiger partial charge is 0.158 e. The Labute approximate surface area is 161 Å². The van der Waals surface area contributed by atoms with Crippen LogP contribution in [-0.4, -0.2) is 29.2 Å². The lowest BCUT2D eigenvalue weighted by molar-refractivity contribution is -0.294. The van der Waals surface area contributed by atoms with E-state index >= 15 is 0 Å². The second-order valence-electron chi connectivity index (χ2n) is 9.40. The SMILES string of the molecule is CCCC1CCC(O)(C2(OC3CCCCO3)CCC(CCC)CC2)CC1. The van der Waals surface area contributed by atoms with Crippen molar-refractivity contribution in [2.24, 2.45) is 11.8 Å². The summed E-state index contributed by atoms with van der Waals surface area (Å²) in [5, 5.41) is 11.8. The fourth-order valence-corrected chi connectivity index (χ4v) is 5.90. The monoisotopic (exact) mass is 366 g/mol. The van der Waals surface area contributed by atoms with Gasteiger partial charge in [0.05, 0.1) is 11.2 Å². The minimum Gasteiger partial charge on any atom is -0.387 e. The first-order chi connectivity index (χ1) is 12.6. The molecule has 3 nitrogen and oxygen atoms in total. The summed E-state index contributed by atoms with van der Waals surface area (Å²) < 4.78 is 12.7. The van der Waals surface area contributed by atoms with Crippen LogP contribution < -0.4 is 0 Å². The topological polar surface area (TPSA) is 38.7 Å². The zero-order valence-electron chi connectivity index (χ0n) is 17.3. The van der Waals surface area contributed by atoms with E-state index in [9.17, 15) is 5.11 Å². The molecule has 1 saturated heterocycles. The molecule has 0 bridgehead atoms. The normalized spacial score (nSPS) is 41.9. The molecule has 0 aromatic carbocycles. The molecule has 3 heteroatoms. The van der Waals surface area contributed by atoms with E-state index in [-0.39, 0.29) is 11.9 Å². The Kier molecular flexibility index (Phi) is 7.44. The van der Waals surface area contributed by atoms with E-state index in [0.29, 0.717) is 0 Å². The van der Waals surface area contributed by atoms with Gasteiger partial charge >= 0.3 is 0 Å². The van der Waals surface area contributed by atoms with Gasteiger partial charge in [0.15, 0.2) is 6.29 Å². The number of aliphatic hydroxyl groups is 1. The first kappa shape index (κ1) is 20.6. The van der Waals surface area contributed by atoms with E-state index in [1.807, 2.05) is 0 Å². The van der Waals surface area contributed by atoms with E-state index in [2.05, 4.69) is 13.8 Å². The lowest BCUT2D eigenvalue weighted by Gasteiger charge is -2.54. The third-order valence-corrected chi connectivity index (χ3v) is 7.58. The Morgan fingerprint density at radius 3 is 1.92 bits per heavy atom. The number of rotatable bonds is 7. The number of hydrogen-bond acceptors (Lipinski definition) is 3. The van der Waals surface area contributed by atoms with Gasteiger partial charge in [-0.2, -0.15) is 0 Å². The Morgan fingerprint density at radius 2 is 1.42 bits per heavy atom. The highest BCUT2D eigenvalue weighted by molar-refractivity contribution is 5.06. The fourth-order valence-electron chi connectivity index (χ4n) is 5.90. The Hall–Kier alpha value is -0.120. The van der Waals surface area contributed by atoms with Crippen molar-refractivity contribution in [3.8, 4) is 0 Å². The van der Waals surface area contributed by atoms with Crippen LogP contribution in [0.1, 0.15) is 110 Å². The molecule has 152 valence electrons. The fraction of sp³-hybridized carbons (Fsp3) is 1.00. The van der Waals surface area contributed by atoms with Gasteiger partial charge in [-0.05, 0) is 82.5 Å². The van der Waals surface area contributed by atoms with Crippen LogP contribution in [0.5, 0.6) is 0 Å². The standard InChI is InChI=1S/C23H42O3/c1-3-7-19-10-14-22(24,15-11-19)23(26-21-9-5-6-18-25-21)16-12-20(8-4-2)13-17-23/h19-21,24H,3-18H2,1-2H3. The Bertz CT molecular complexity index is 400. The first-order valence-corrected chi connectivity index (χ1v) is 11.6. The zero-order chi connectivity index (χ0) is 18.5. The van der Waals surface area contributed by atoms with Crippen LogP contribution in [0.15, 0.2) is 0 Å². The van der Waals surface area contributed by atoms with E-state index in [0.717, 1.165) is 57.0 Å². The minimum absolute atomic E-state index is 0.0936. The molecule has 26 heavy (non-hydrogen) atoms. The molecule has 1 atom stereocenters. The maximum atomic E-state index is 11.8. The molecular formula is C23H42O3. The molecule has 0 spiro atoms.